The summed E-state index contributed by atoms with van der Waals surface area (Å²) in [5, 5.41) is 13.4. The van der Waals surface area contributed by atoms with Gasteiger partial charge in [0.1, 0.15) is 0 Å². The smallest absolute Gasteiger partial charge is 0.872 e. The molecular weight excluding hydrogens is 203 g/mol. The van der Waals surface area contributed by atoms with Crippen LogP contribution in [0.2, 0.25) is 0 Å². The molecule has 2 aromatic rings. The van der Waals surface area contributed by atoms with Gasteiger partial charge in [0.2, 0.25) is 0 Å². The topological polar surface area (TPSA) is 23.1 Å². The van der Waals surface area contributed by atoms with E-state index in [1.165, 1.54) is 4.88 Å². The minimum Gasteiger partial charge on any atom is -0.872 e. The Labute approximate surface area is 110 Å². The fourth-order valence-electron chi connectivity index (χ4n) is 1.25. The molecule has 3 heteroatoms. The fourth-order valence-corrected chi connectivity index (χ4v) is 1.98. The van der Waals surface area contributed by atoms with Gasteiger partial charge in [0.05, 0.1) is 0 Å². The summed E-state index contributed by atoms with van der Waals surface area (Å²) in [6.07, 6.45) is 0.761. The quantitative estimate of drug-likeness (QED) is 0.611. The summed E-state index contributed by atoms with van der Waals surface area (Å²) >= 11 is 1.69. The molecule has 0 fully saturated rings. The first-order valence-corrected chi connectivity index (χ1v) is 5.01. The van der Waals surface area contributed by atoms with Gasteiger partial charge in [-0.05, 0) is 11.4 Å². The Balaban J connectivity index is 0.000000980. The average Bonchev–Trinajstić information content (AvgIpc) is 2.61. The molecule has 0 aliphatic heterocycles. The van der Waals surface area contributed by atoms with Crippen molar-refractivity contribution in [2.75, 3.05) is 0 Å². The van der Waals surface area contributed by atoms with E-state index in [9.17, 15) is 5.11 Å². The van der Waals surface area contributed by atoms with E-state index < -0.39 is 0 Å². The van der Waals surface area contributed by atoms with Gasteiger partial charge in [-0.15, -0.1) is 17.1 Å². The fraction of sp³-hybridized carbons (Fsp3) is 0.0909. The van der Waals surface area contributed by atoms with Crippen LogP contribution in [0.1, 0.15) is 10.4 Å². The Morgan fingerprint density at radius 3 is 2.50 bits per heavy atom. The van der Waals surface area contributed by atoms with E-state index in [1.54, 1.807) is 23.5 Å². The zero-order chi connectivity index (χ0) is 9.10. The van der Waals surface area contributed by atoms with Gasteiger partial charge in [-0.25, -0.2) is 0 Å². The van der Waals surface area contributed by atoms with Crippen molar-refractivity contribution in [1.29, 1.82) is 0 Å². The van der Waals surface area contributed by atoms with Crippen molar-refractivity contribution in [3.8, 4) is 5.75 Å². The molecule has 0 aliphatic rings. The molecule has 66 valence electrons. The van der Waals surface area contributed by atoms with Crippen molar-refractivity contribution in [3.63, 3.8) is 0 Å². The van der Waals surface area contributed by atoms with Crippen LogP contribution in [0, 0.1) is 0 Å². The van der Waals surface area contributed by atoms with Crippen LogP contribution in [0.4, 0.5) is 0 Å². The maximum absolute atomic E-state index is 11.4. The molecule has 0 saturated carbocycles. The summed E-state index contributed by atoms with van der Waals surface area (Å²) in [4.78, 5) is 1.24. The molecule has 0 bridgehead atoms. The molecule has 0 radical (unpaired) electrons. The van der Waals surface area contributed by atoms with Crippen molar-refractivity contribution in [2.45, 2.75) is 6.42 Å². The van der Waals surface area contributed by atoms with Crippen molar-refractivity contribution >= 4 is 11.3 Å². The summed E-state index contributed by atoms with van der Waals surface area (Å²) in [6.45, 7) is 0. The van der Waals surface area contributed by atoms with Crippen LogP contribution in [-0.4, -0.2) is 0 Å². The zero-order valence-electron chi connectivity index (χ0n) is 8.07. The van der Waals surface area contributed by atoms with E-state index in [1.807, 2.05) is 23.6 Å². The van der Waals surface area contributed by atoms with E-state index in [0.717, 1.165) is 12.0 Å². The van der Waals surface area contributed by atoms with Crippen LogP contribution in [-0.2, 0) is 6.42 Å². The van der Waals surface area contributed by atoms with E-state index in [2.05, 4.69) is 6.07 Å². The maximum Gasteiger partial charge on any atom is 1.00 e. The minimum absolute atomic E-state index is 0. The number of para-hydroxylation sites is 1. The van der Waals surface area contributed by atoms with Gasteiger partial charge in [0, 0.05) is 11.3 Å². The predicted molar refractivity (Wildman–Crippen MR) is 53.0 cm³/mol. The van der Waals surface area contributed by atoms with Gasteiger partial charge >= 0.3 is 29.6 Å². The SMILES string of the molecule is [Na+].[O-]c1ccccc1Cc1cccs1. The molecule has 0 aliphatic carbocycles. The summed E-state index contributed by atoms with van der Waals surface area (Å²) in [5.74, 6) is 0.135. The van der Waals surface area contributed by atoms with Gasteiger partial charge in [0.15, 0.2) is 0 Å². The molecule has 1 nitrogen and oxygen atoms in total. The molecule has 1 aromatic heterocycles. The number of benzene rings is 1. The molecule has 0 spiro atoms. The van der Waals surface area contributed by atoms with Crippen molar-refractivity contribution in [3.05, 3.63) is 52.2 Å². The molecule has 0 N–H and O–H groups in total. The van der Waals surface area contributed by atoms with Crippen LogP contribution >= 0.6 is 11.3 Å². The summed E-state index contributed by atoms with van der Waals surface area (Å²) < 4.78 is 0. The monoisotopic (exact) mass is 212 g/mol. The normalized spacial score (nSPS) is 9.43. The molecule has 0 atom stereocenters. The van der Waals surface area contributed by atoms with Crippen LogP contribution in [0.15, 0.2) is 41.8 Å². The van der Waals surface area contributed by atoms with Gasteiger partial charge in [-0.3, -0.25) is 0 Å². The molecule has 0 amide bonds. The number of rotatable bonds is 2. The van der Waals surface area contributed by atoms with E-state index in [4.69, 9.17) is 0 Å². The third-order valence-corrected chi connectivity index (χ3v) is 2.79. The Bertz CT molecular complexity index is 384. The largest absolute Gasteiger partial charge is 1.00 e. The second kappa shape index (κ2) is 5.56. The van der Waals surface area contributed by atoms with Crippen LogP contribution in [0.3, 0.4) is 0 Å². The molecule has 1 heterocycles. The second-order valence-electron chi connectivity index (χ2n) is 2.86. The summed E-state index contributed by atoms with van der Waals surface area (Å²) in [7, 11) is 0. The second-order valence-corrected chi connectivity index (χ2v) is 3.90. The third kappa shape index (κ3) is 2.85. The van der Waals surface area contributed by atoms with Crippen LogP contribution < -0.4 is 34.7 Å². The third-order valence-electron chi connectivity index (χ3n) is 1.92. The number of hydrogen-bond acceptors (Lipinski definition) is 2. The molecule has 2 rings (SSSR count). The van der Waals surface area contributed by atoms with E-state index >= 15 is 0 Å². The first-order chi connectivity index (χ1) is 6.36. The van der Waals surface area contributed by atoms with Gasteiger partial charge in [-0.2, -0.15) is 0 Å². The Hall–Kier alpha value is -0.280. The van der Waals surface area contributed by atoms with Gasteiger partial charge < -0.3 is 5.11 Å². The van der Waals surface area contributed by atoms with E-state index in [-0.39, 0.29) is 35.3 Å². The molecule has 14 heavy (non-hydrogen) atoms. The standard InChI is InChI=1S/C11H10OS.Na/c12-11-6-2-1-4-9(11)8-10-5-3-7-13-10;/h1-7,12H,8H2;/q;+1/p-1. The van der Waals surface area contributed by atoms with Gasteiger partial charge in [-0.1, -0.05) is 35.9 Å². The average molecular weight is 212 g/mol. The summed E-state index contributed by atoms with van der Waals surface area (Å²) in [5.41, 5.74) is 0.880. The maximum atomic E-state index is 11.4. The first-order valence-electron chi connectivity index (χ1n) is 4.13. The summed E-state index contributed by atoms with van der Waals surface area (Å²) in [6, 6.07) is 11.3. The Morgan fingerprint density at radius 1 is 1.07 bits per heavy atom. The van der Waals surface area contributed by atoms with Crippen molar-refractivity contribution in [2.24, 2.45) is 0 Å². The predicted octanol–water partition coefficient (Wildman–Crippen LogP) is -0.583. The number of hydrogen-bond donors (Lipinski definition) is 0. The Morgan fingerprint density at radius 2 is 1.86 bits per heavy atom. The van der Waals surface area contributed by atoms with Crippen molar-refractivity contribution < 1.29 is 34.7 Å². The number of thiophene rings is 1. The van der Waals surface area contributed by atoms with Crippen LogP contribution in [0.25, 0.3) is 0 Å². The molecule has 0 unspecified atom stereocenters. The first kappa shape index (κ1) is 11.8. The van der Waals surface area contributed by atoms with E-state index in [0.29, 0.717) is 0 Å². The Kier molecular flexibility index (Phi) is 4.69. The van der Waals surface area contributed by atoms with Crippen LogP contribution in [0.5, 0.6) is 5.75 Å². The van der Waals surface area contributed by atoms with Crippen molar-refractivity contribution in [1.82, 2.24) is 0 Å². The molecule has 0 saturated heterocycles. The molecular formula is C11H9NaOS. The molecule has 1 aromatic carbocycles. The zero-order valence-corrected chi connectivity index (χ0v) is 10.9. The van der Waals surface area contributed by atoms with Gasteiger partial charge in [0.25, 0.3) is 0 Å². The minimum atomic E-state index is 0.